The molecule has 4 amide bonds. The number of amides is 4. The van der Waals surface area contributed by atoms with Gasteiger partial charge in [-0.15, -0.1) is 0 Å². The number of hydrogen-bond acceptors (Lipinski definition) is 6. The SMILES string of the molecule is CCn1nc(C)cc1C(=O)/N=c1\n(C)c2cc(C(N)=O)ccc2n1CC(F)(F)C(F)(F)Cn1/c(=N/C(=O)c2cc(C)nn2CC)n(C)c2cc(C(N)=O)ccc21. The zero-order valence-electron chi connectivity index (χ0n) is 31.2. The highest BCUT2D eigenvalue weighted by molar-refractivity contribution is 5.98. The summed E-state index contributed by atoms with van der Waals surface area (Å²) < 4.78 is 72.4. The topological polar surface area (TPSA) is 200 Å². The second kappa shape index (κ2) is 14.2. The van der Waals surface area contributed by atoms with E-state index in [1.807, 2.05) is 0 Å². The van der Waals surface area contributed by atoms with Crippen molar-refractivity contribution in [2.45, 2.75) is 65.7 Å². The molecule has 0 saturated carbocycles. The lowest BCUT2D eigenvalue weighted by molar-refractivity contribution is -0.221. The Morgan fingerprint density at radius 1 is 0.625 bits per heavy atom. The standard InChI is InChI=1S/C36H38F4N12O4/c1-7-51-27(13-19(3)45-51)31(55)43-33-47(5)25-15-21(29(41)53)9-11-23(25)49(33)17-35(37,38)36(39,40)18-50-24-12-10-22(30(42)54)16-26(24)48(6)34(50)44-32(56)28-14-20(4)46-52(28)8-2/h9-16H,7-8,17-18H2,1-6H3,(H2,41,53)(H2,42,54)/b43-33+,44-34+. The minimum absolute atomic E-state index is 0.00489. The largest absolute Gasteiger partial charge is 0.366 e. The van der Waals surface area contributed by atoms with Crippen LogP contribution in [0.5, 0.6) is 0 Å². The minimum atomic E-state index is -4.87. The van der Waals surface area contributed by atoms with Crippen molar-refractivity contribution in [1.82, 2.24) is 37.8 Å². The van der Waals surface area contributed by atoms with E-state index in [1.54, 1.807) is 27.7 Å². The van der Waals surface area contributed by atoms with Crippen LogP contribution in [0.3, 0.4) is 0 Å². The Balaban J connectivity index is 1.50. The molecule has 0 unspecified atom stereocenters. The van der Waals surface area contributed by atoms with Crippen LogP contribution in [0.1, 0.15) is 66.9 Å². The molecule has 0 aliphatic rings. The van der Waals surface area contributed by atoms with Gasteiger partial charge in [-0.05, 0) is 76.2 Å². The molecule has 4 heterocycles. The maximum Gasteiger partial charge on any atom is 0.329 e. The highest BCUT2D eigenvalue weighted by Gasteiger charge is 2.57. The van der Waals surface area contributed by atoms with E-state index in [-0.39, 0.29) is 57.7 Å². The van der Waals surface area contributed by atoms with E-state index in [1.165, 1.54) is 81.1 Å². The van der Waals surface area contributed by atoms with Crippen molar-refractivity contribution < 1.29 is 36.7 Å². The smallest absolute Gasteiger partial charge is 0.329 e. The number of alkyl halides is 4. The Kier molecular flexibility index (Phi) is 9.94. The average Bonchev–Trinajstić information content (AvgIpc) is 3.86. The predicted octanol–water partition coefficient (Wildman–Crippen LogP) is 2.97. The molecule has 4 N–H and O–H groups in total. The summed E-state index contributed by atoms with van der Waals surface area (Å²) in [5.74, 6) is -13.2. The second-order valence-corrected chi connectivity index (χ2v) is 13.2. The molecule has 20 heteroatoms. The Morgan fingerprint density at radius 2 is 0.982 bits per heavy atom. The van der Waals surface area contributed by atoms with Crippen LogP contribution in [-0.2, 0) is 40.3 Å². The van der Waals surface area contributed by atoms with Crippen LogP contribution in [0.25, 0.3) is 22.1 Å². The first-order valence-electron chi connectivity index (χ1n) is 17.3. The van der Waals surface area contributed by atoms with Crippen molar-refractivity contribution >= 4 is 45.7 Å². The number of aromatic nitrogens is 8. The van der Waals surface area contributed by atoms with Gasteiger partial charge in [-0.25, -0.2) is 0 Å². The quantitative estimate of drug-likeness (QED) is 0.190. The van der Waals surface area contributed by atoms with E-state index in [4.69, 9.17) is 11.5 Å². The summed E-state index contributed by atoms with van der Waals surface area (Å²) in [5.41, 5.74) is 11.2. The van der Waals surface area contributed by atoms with Gasteiger partial charge in [0, 0.05) is 38.3 Å². The molecular formula is C36H38F4N12O4. The van der Waals surface area contributed by atoms with E-state index in [9.17, 15) is 19.2 Å². The van der Waals surface area contributed by atoms with Crippen LogP contribution < -0.4 is 22.7 Å². The zero-order chi connectivity index (χ0) is 41.0. The van der Waals surface area contributed by atoms with E-state index >= 15 is 17.6 Å². The molecule has 56 heavy (non-hydrogen) atoms. The minimum Gasteiger partial charge on any atom is -0.366 e. The maximum absolute atomic E-state index is 16.4. The van der Waals surface area contributed by atoms with Gasteiger partial charge in [0.25, 0.3) is 11.8 Å². The van der Waals surface area contributed by atoms with Gasteiger partial charge in [0.15, 0.2) is 0 Å². The fourth-order valence-electron chi connectivity index (χ4n) is 6.56. The molecule has 16 nitrogen and oxygen atoms in total. The lowest BCUT2D eigenvalue weighted by atomic mass is 10.1. The number of rotatable bonds is 11. The van der Waals surface area contributed by atoms with E-state index in [0.29, 0.717) is 11.4 Å². The van der Waals surface area contributed by atoms with E-state index in [0.717, 1.165) is 9.13 Å². The first-order chi connectivity index (χ1) is 26.3. The van der Waals surface area contributed by atoms with Crippen molar-refractivity contribution in [3.05, 3.63) is 93.7 Å². The third kappa shape index (κ3) is 6.81. The number of imidazole rings is 2. The molecule has 0 spiro atoms. The molecule has 4 aromatic heterocycles. The maximum atomic E-state index is 16.4. The number of aryl methyl sites for hydroxylation is 6. The number of nitrogens with two attached hydrogens (primary N) is 2. The third-order valence-corrected chi connectivity index (χ3v) is 9.40. The van der Waals surface area contributed by atoms with Crippen molar-refractivity contribution in [2.24, 2.45) is 35.5 Å². The molecule has 6 rings (SSSR count). The zero-order valence-corrected chi connectivity index (χ0v) is 31.2. The van der Waals surface area contributed by atoms with Crippen LogP contribution in [0, 0.1) is 13.8 Å². The summed E-state index contributed by atoms with van der Waals surface area (Å²) in [6.45, 7) is 3.93. The number of carbonyl (C=O) groups excluding carboxylic acids is 4. The molecule has 0 aliphatic carbocycles. The first kappa shape index (κ1) is 39.1. The molecular weight excluding hydrogens is 740 g/mol. The summed E-state index contributed by atoms with van der Waals surface area (Å²) in [5, 5.41) is 8.44. The van der Waals surface area contributed by atoms with Gasteiger partial charge >= 0.3 is 11.8 Å². The Labute approximate surface area is 314 Å². The lowest BCUT2D eigenvalue weighted by Crippen LogP contribution is -2.49. The van der Waals surface area contributed by atoms with E-state index in [2.05, 4.69) is 20.2 Å². The molecule has 0 bridgehead atoms. The molecule has 2 aromatic carbocycles. The Hall–Kier alpha value is -6.60. The van der Waals surface area contributed by atoms with Crippen molar-refractivity contribution in [1.29, 1.82) is 0 Å². The van der Waals surface area contributed by atoms with Gasteiger partial charge in [-0.1, -0.05) is 0 Å². The van der Waals surface area contributed by atoms with Crippen molar-refractivity contribution in [2.75, 3.05) is 0 Å². The van der Waals surface area contributed by atoms with Crippen LogP contribution in [-0.4, -0.2) is 73.3 Å². The van der Waals surface area contributed by atoms with E-state index < -0.39 is 59.8 Å². The van der Waals surface area contributed by atoms with Crippen LogP contribution in [0.4, 0.5) is 17.6 Å². The highest BCUT2D eigenvalue weighted by atomic mass is 19.3. The van der Waals surface area contributed by atoms with Gasteiger partial charge in [-0.3, -0.25) is 28.5 Å². The number of halogens is 4. The summed E-state index contributed by atoms with van der Waals surface area (Å²) in [4.78, 5) is 59.2. The van der Waals surface area contributed by atoms with Crippen molar-refractivity contribution in [3.8, 4) is 0 Å². The molecule has 0 atom stereocenters. The van der Waals surface area contributed by atoms with Crippen LogP contribution in [0.15, 0.2) is 58.5 Å². The van der Waals surface area contributed by atoms with Gasteiger partial charge in [0.05, 0.1) is 46.5 Å². The van der Waals surface area contributed by atoms with Crippen LogP contribution in [0.2, 0.25) is 0 Å². The first-order valence-corrected chi connectivity index (χ1v) is 17.3. The predicted molar refractivity (Wildman–Crippen MR) is 194 cm³/mol. The van der Waals surface area contributed by atoms with Gasteiger partial charge in [-0.2, -0.15) is 37.7 Å². The molecule has 6 aromatic rings. The number of hydrogen-bond donors (Lipinski definition) is 2. The van der Waals surface area contributed by atoms with Gasteiger partial charge in [0.1, 0.15) is 11.4 Å². The van der Waals surface area contributed by atoms with Crippen LogP contribution >= 0.6 is 0 Å². The molecule has 0 radical (unpaired) electrons. The molecule has 0 saturated heterocycles. The molecule has 294 valence electrons. The second-order valence-electron chi connectivity index (χ2n) is 13.2. The number of carbonyl (C=O) groups is 4. The average molecular weight is 779 g/mol. The monoisotopic (exact) mass is 778 g/mol. The molecule has 0 aliphatic heterocycles. The third-order valence-electron chi connectivity index (χ3n) is 9.40. The number of benzene rings is 2. The normalized spacial score (nSPS) is 13.0. The fourth-order valence-corrected chi connectivity index (χ4v) is 6.56. The number of fused-ring (bicyclic) bond motifs is 2. The lowest BCUT2D eigenvalue weighted by Gasteiger charge is -2.27. The number of nitrogens with zero attached hydrogens (tertiary/aromatic N) is 10. The summed E-state index contributed by atoms with van der Waals surface area (Å²) in [7, 11) is 2.74. The Bertz CT molecular complexity index is 2560. The summed E-state index contributed by atoms with van der Waals surface area (Å²) in [6, 6.07) is 10.4. The van der Waals surface area contributed by atoms with Crippen molar-refractivity contribution in [3.63, 3.8) is 0 Å². The fraction of sp³-hybridized carbons (Fsp3) is 0.333. The van der Waals surface area contributed by atoms with Gasteiger partial charge < -0.3 is 29.7 Å². The van der Waals surface area contributed by atoms with Gasteiger partial charge in [0.2, 0.25) is 23.1 Å². The molecule has 0 fully saturated rings. The summed E-state index contributed by atoms with van der Waals surface area (Å²) >= 11 is 0. The Morgan fingerprint density at radius 3 is 1.30 bits per heavy atom. The highest BCUT2D eigenvalue weighted by Crippen LogP contribution is 2.38. The number of primary amides is 2. The summed E-state index contributed by atoms with van der Waals surface area (Å²) in [6.07, 6.45) is 0.